The topological polar surface area (TPSA) is 69.6 Å². The normalized spacial score (nSPS) is 14.3. The molecule has 2 unspecified atom stereocenters. The number of hydrogen-bond donors (Lipinski definition) is 4. The maximum absolute atomic E-state index is 11.1. The van der Waals surface area contributed by atoms with Crippen LogP contribution < -0.4 is 4.72 Å². The Morgan fingerprint density at radius 1 is 1.40 bits per heavy atom. The van der Waals surface area contributed by atoms with Crippen LogP contribution in [0.25, 0.3) is 0 Å². The summed E-state index contributed by atoms with van der Waals surface area (Å²) in [5.41, 5.74) is 0.712. The zero-order valence-corrected chi connectivity index (χ0v) is 8.89. The van der Waals surface area contributed by atoms with Gasteiger partial charge in [0.25, 0.3) is 5.91 Å². The maximum atomic E-state index is 11.1. The Bertz CT molecular complexity index is 318. The number of nitrogens with one attached hydrogen (secondary N) is 1. The molecule has 15 heavy (non-hydrogen) atoms. The van der Waals surface area contributed by atoms with Gasteiger partial charge in [-0.25, -0.2) is 0 Å². The molecule has 0 aromatic heterocycles. The summed E-state index contributed by atoms with van der Waals surface area (Å²) in [5, 5.41) is 18.7. The minimum Gasteiger partial charge on any atom is -0.396 e. The van der Waals surface area contributed by atoms with Crippen molar-refractivity contribution in [3.05, 3.63) is 35.9 Å². The number of hydrogen-bond acceptors (Lipinski definition) is 4. The van der Waals surface area contributed by atoms with Gasteiger partial charge in [0.2, 0.25) is 0 Å². The fourth-order valence-electron chi connectivity index (χ4n) is 1.34. The van der Waals surface area contributed by atoms with Crippen LogP contribution >= 0.6 is 12.8 Å². The maximum Gasteiger partial charge on any atom is 0.259 e. The van der Waals surface area contributed by atoms with Crippen molar-refractivity contribution in [2.75, 3.05) is 6.61 Å². The lowest BCUT2D eigenvalue weighted by molar-refractivity contribution is -0.129. The molecule has 5 heteroatoms. The van der Waals surface area contributed by atoms with E-state index in [1.165, 1.54) is 0 Å². The average molecular weight is 227 g/mol. The number of benzene rings is 1. The first-order valence-corrected chi connectivity index (χ1v) is 4.93. The summed E-state index contributed by atoms with van der Waals surface area (Å²) in [5.74, 6) is -1.25. The molecule has 82 valence electrons. The predicted octanol–water partition coefficient (Wildman–Crippen LogP) is 0.0844. The van der Waals surface area contributed by atoms with Gasteiger partial charge in [0.1, 0.15) is 6.10 Å². The van der Waals surface area contributed by atoms with E-state index in [0.717, 1.165) is 0 Å². The van der Waals surface area contributed by atoms with Gasteiger partial charge in [0.15, 0.2) is 0 Å². The van der Waals surface area contributed by atoms with E-state index in [0.29, 0.717) is 5.56 Å². The molecular weight excluding hydrogens is 214 g/mol. The van der Waals surface area contributed by atoms with Crippen molar-refractivity contribution in [1.82, 2.24) is 4.72 Å². The molecule has 0 spiro atoms. The molecule has 0 aliphatic rings. The van der Waals surface area contributed by atoms with Crippen LogP contribution in [0, 0.1) is 0 Å². The van der Waals surface area contributed by atoms with Gasteiger partial charge < -0.3 is 14.9 Å². The van der Waals surface area contributed by atoms with Crippen LogP contribution in [0.3, 0.4) is 0 Å². The molecule has 0 saturated heterocycles. The number of carbonyl (C=O) groups is 1. The number of aliphatic hydroxyl groups excluding tert-OH is 2. The van der Waals surface area contributed by atoms with Crippen molar-refractivity contribution in [3.8, 4) is 0 Å². The molecule has 1 amide bonds. The molecule has 1 aromatic rings. The first-order valence-electron chi connectivity index (χ1n) is 4.48. The Morgan fingerprint density at radius 2 is 2.00 bits per heavy atom. The Morgan fingerprint density at radius 3 is 2.47 bits per heavy atom. The number of amides is 1. The minimum atomic E-state index is -1.30. The summed E-state index contributed by atoms with van der Waals surface area (Å²) in [6.07, 6.45) is -1.30. The van der Waals surface area contributed by atoms with Crippen molar-refractivity contribution < 1.29 is 15.0 Å². The zero-order chi connectivity index (χ0) is 11.3. The molecule has 0 bridgehead atoms. The Balaban J connectivity index is 2.85. The molecule has 1 rings (SSSR count). The fourth-order valence-corrected chi connectivity index (χ4v) is 1.47. The Hall–Kier alpha value is -1.04. The summed E-state index contributed by atoms with van der Waals surface area (Å²) in [6.45, 7) is -0.299. The van der Waals surface area contributed by atoms with Gasteiger partial charge in [0.05, 0.1) is 6.61 Å². The third kappa shape index (κ3) is 2.95. The molecule has 0 heterocycles. The van der Waals surface area contributed by atoms with E-state index in [-0.39, 0.29) is 6.61 Å². The number of thiol groups is 1. The van der Waals surface area contributed by atoms with E-state index in [1.54, 1.807) is 24.3 Å². The minimum absolute atomic E-state index is 0.299. The molecular formula is C10H13NO3S. The molecule has 3 N–H and O–H groups in total. The van der Waals surface area contributed by atoms with E-state index >= 15 is 0 Å². The first kappa shape index (κ1) is 12.0. The van der Waals surface area contributed by atoms with Crippen LogP contribution in [0.15, 0.2) is 30.3 Å². The molecule has 0 radical (unpaired) electrons. The van der Waals surface area contributed by atoms with E-state index in [1.807, 2.05) is 10.8 Å². The molecule has 0 aliphatic heterocycles. The van der Waals surface area contributed by atoms with Crippen LogP contribution in [0.2, 0.25) is 0 Å². The van der Waals surface area contributed by atoms with Crippen molar-refractivity contribution in [2.24, 2.45) is 0 Å². The highest BCUT2D eigenvalue weighted by Crippen LogP contribution is 2.19. The smallest absolute Gasteiger partial charge is 0.259 e. The van der Waals surface area contributed by atoms with Crippen LogP contribution in [0.5, 0.6) is 0 Å². The van der Waals surface area contributed by atoms with Crippen molar-refractivity contribution in [2.45, 2.75) is 12.0 Å². The highest BCUT2D eigenvalue weighted by Gasteiger charge is 2.26. The van der Waals surface area contributed by atoms with Crippen molar-refractivity contribution >= 4 is 18.7 Å². The zero-order valence-electron chi connectivity index (χ0n) is 8.00. The SMILES string of the molecule is O=C(NS)C(O)C(CO)c1ccccc1. The second-order valence-electron chi connectivity index (χ2n) is 3.12. The lowest BCUT2D eigenvalue weighted by Gasteiger charge is -2.19. The summed E-state index contributed by atoms with van der Waals surface area (Å²) < 4.78 is 2.04. The highest BCUT2D eigenvalue weighted by atomic mass is 32.1. The molecule has 0 aliphatic carbocycles. The first-order chi connectivity index (χ1) is 7.20. The highest BCUT2D eigenvalue weighted by molar-refractivity contribution is 7.78. The van der Waals surface area contributed by atoms with Crippen LogP contribution in [-0.4, -0.2) is 28.8 Å². The van der Waals surface area contributed by atoms with Gasteiger partial charge in [-0.05, 0) is 5.56 Å². The summed E-state index contributed by atoms with van der Waals surface area (Å²) >= 11 is 3.56. The monoisotopic (exact) mass is 227 g/mol. The van der Waals surface area contributed by atoms with Gasteiger partial charge in [-0.1, -0.05) is 43.1 Å². The predicted molar refractivity (Wildman–Crippen MR) is 59.4 cm³/mol. The third-order valence-corrected chi connectivity index (χ3v) is 2.40. The molecule has 4 nitrogen and oxygen atoms in total. The summed E-state index contributed by atoms with van der Waals surface area (Å²) in [7, 11) is 0. The van der Waals surface area contributed by atoms with Crippen molar-refractivity contribution in [1.29, 1.82) is 0 Å². The standard InChI is InChI=1S/C10H13NO3S/c12-6-8(9(13)10(14)11-15)7-4-2-1-3-5-7/h1-5,8-9,12-13,15H,6H2,(H,11,14). The fraction of sp³-hybridized carbons (Fsp3) is 0.300. The Labute approximate surface area is 93.5 Å². The van der Waals surface area contributed by atoms with Gasteiger partial charge in [-0.2, -0.15) is 0 Å². The van der Waals surface area contributed by atoms with E-state index in [2.05, 4.69) is 12.8 Å². The van der Waals surface area contributed by atoms with Crippen molar-refractivity contribution in [3.63, 3.8) is 0 Å². The number of rotatable bonds is 4. The molecule has 0 fully saturated rings. The average Bonchev–Trinajstić information content (AvgIpc) is 2.30. The molecule has 0 saturated carbocycles. The van der Waals surface area contributed by atoms with E-state index < -0.39 is 17.9 Å². The summed E-state index contributed by atoms with van der Waals surface area (Å²) in [4.78, 5) is 11.1. The lowest BCUT2D eigenvalue weighted by Crippen LogP contribution is -2.35. The van der Waals surface area contributed by atoms with Gasteiger partial charge in [0, 0.05) is 5.92 Å². The molecule has 2 atom stereocenters. The molecule has 1 aromatic carbocycles. The largest absolute Gasteiger partial charge is 0.396 e. The van der Waals surface area contributed by atoms with E-state index in [9.17, 15) is 9.90 Å². The van der Waals surface area contributed by atoms with Crippen LogP contribution in [0.1, 0.15) is 11.5 Å². The summed E-state index contributed by atoms with van der Waals surface area (Å²) in [6, 6.07) is 8.88. The van der Waals surface area contributed by atoms with Crippen LogP contribution in [0.4, 0.5) is 0 Å². The quantitative estimate of drug-likeness (QED) is 0.551. The second kappa shape index (κ2) is 5.75. The van der Waals surface area contributed by atoms with Crippen LogP contribution in [-0.2, 0) is 4.79 Å². The van der Waals surface area contributed by atoms with Gasteiger partial charge >= 0.3 is 0 Å². The number of aliphatic hydroxyl groups is 2. The second-order valence-corrected chi connectivity index (χ2v) is 3.34. The van der Waals surface area contributed by atoms with Gasteiger partial charge in [-0.15, -0.1) is 0 Å². The van der Waals surface area contributed by atoms with Gasteiger partial charge in [-0.3, -0.25) is 4.79 Å². The lowest BCUT2D eigenvalue weighted by atomic mass is 9.94. The Kier molecular flexibility index (Phi) is 4.61. The van der Waals surface area contributed by atoms with E-state index in [4.69, 9.17) is 5.11 Å². The third-order valence-electron chi connectivity index (χ3n) is 2.18. The number of carbonyl (C=O) groups excluding carboxylic acids is 1.